The fraction of sp³-hybridized carbons (Fsp3) is 0.304. The molecular formula is C23H25N3O7. The maximum absolute atomic E-state index is 12.6. The number of esters is 1. The van der Waals surface area contributed by atoms with E-state index in [1.165, 1.54) is 13.3 Å². The van der Waals surface area contributed by atoms with Crippen LogP contribution < -0.4 is 25.0 Å². The standard InChI is InChI=1S/C23H25N3O7/c1-14(2)21(25-22(28)16-6-9-18-19(10-16)33-13-32-18)23(29)26-24-11-15-4-7-17(8-5-15)31-12-20(27)30-3/h4-11,14,21H,12-13H2,1-3H3,(H,25,28)(H,26,29)/b24-11+. The smallest absolute Gasteiger partial charge is 0.343 e. The SMILES string of the molecule is COC(=O)COc1ccc(/C=N/NC(=O)C(NC(=O)c2ccc3c(c2)OCO3)C(C)C)cc1. The molecule has 10 heteroatoms. The lowest BCUT2D eigenvalue weighted by molar-refractivity contribution is -0.142. The van der Waals surface area contributed by atoms with Crippen LogP contribution in [0.15, 0.2) is 47.6 Å². The monoisotopic (exact) mass is 455 g/mol. The normalized spacial score (nSPS) is 13.0. The Morgan fingerprint density at radius 1 is 1.09 bits per heavy atom. The number of hydrazone groups is 1. The summed E-state index contributed by atoms with van der Waals surface area (Å²) in [6, 6.07) is 10.8. The van der Waals surface area contributed by atoms with Crippen LogP contribution in [0.25, 0.3) is 0 Å². The summed E-state index contributed by atoms with van der Waals surface area (Å²) in [4.78, 5) is 36.4. The summed E-state index contributed by atoms with van der Waals surface area (Å²) in [7, 11) is 1.28. The molecule has 0 spiro atoms. The second kappa shape index (κ2) is 11.0. The molecule has 10 nitrogen and oxygen atoms in total. The summed E-state index contributed by atoms with van der Waals surface area (Å²) < 4.78 is 20.3. The zero-order chi connectivity index (χ0) is 23.8. The van der Waals surface area contributed by atoms with Gasteiger partial charge in [0, 0.05) is 5.56 Å². The van der Waals surface area contributed by atoms with E-state index in [2.05, 4.69) is 20.6 Å². The Hall–Kier alpha value is -4.08. The van der Waals surface area contributed by atoms with E-state index in [4.69, 9.17) is 14.2 Å². The second-order valence-corrected chi connectivity index (χ2v) is 7.43. The van der Waals surface area contributed by atoms with E-state index < -0.39 is 23.8 Å². The Morgan fingerprint density at radius 2 is 1.82 bits per heavy atom. The fourth-order valence-electron chi connectivity index (χ4n) is 2.89. The van der Waals surface area contributed by atoms with Crippen molar-refractivity contribution in [2.45, 2.75) is 19.9 Å². The van der Waals surface area contributed by atoms with E-state index in [1.54, 1.807) is 42.5 Å². The molecule has 2 aromatic carbocycles. The number of nitrogens with one attached hydrogen (secondary N) is 2. The van der Waals surface area contributed by atoms with Gasteiger partial charge in [0.1, 0.15) is 11.8 Å². The summed E-state index contributed by atoms with van der Waals surface area (Å²) in [5, 5.41) is 6.69. The van der Waals surface area contributed by atoms with Gasteiger partial charge in [0.2, 0.25) is 6.79 Å². The average molecular weight is 455 g/mol. The molecule has 0 fully saturated rings. The van der Waals surface area contributed by atoms with Crippen molar-refractivity contribution >= 4 is 24.0 Å². The number of hydrogen-bond donors (Lipinski definition) is 2. The fourth-order valence-corrected chi connectivity index (χ4v) is 2.89. The highest BCUT2D eigenvalue weighted by Gasteiger charge is 2.25. The molecule has 174 valence electrons. The van der Waals surface area contributed by atoms with Crippen LogP contribution >= 0.6 is 0 Å². The average Bonchev–Trinajstić information content (AvgIpc) is 3.29. The van der Waals surface area contributed by atoms with Gasteiger partial charge in [-0.05, 0) is 53.9 Å². The number of hydrogen-bond acceptors (Lipinski definition) is 8. The lowest BCUT2D eigenvalue weighted by Crippen LogP contribution is -2.48. The lowest BCUT2D eigenvalue weighted by Gasteiger charge is -2.20. The van der Waals surface area contributed by atoms with Crippen LogP contribution in [0.5, 0.6) is 17.2 Å². The highest BCUT2D eigenvalue weighted by atomic mass is 16.7. The van der Waals surface area contributed by atoms with Crippen molar-refractivity contribution in [2.75, 3.05) is 20.5 Å². The molecule has 1 aliphatic rings. The first-order valence-corrected chi connectivity index (χ1v) is 10.2. The van der Waals surface area contributed by atoms with E-state index in [-0.39, 0.29) is 19.3 Å². The molecule has 2 aromatic rings. The number of methoxy groups -OCH3 is 1. The van der Waals surface area contributed by atoms with Gasteiger partial charge in [-0.25, -0.2) is 10.2 Å². The molecule has 0 bridgehead atoms. The number of benzene rings is 2. The molecule has 0 saturated carbocycles. The van der Waals surface area contributed by atoms with Crippen molar-refractivity contribution in [1.29, 1.82) is 0 Å². The van der Waals surface area contributed by atoms with E-state index in [0.717, 1.165) is 0 Å². The van der Waals surface area contributed by atoms with Crippen LogP contribution in [0.2, 0.25) is 0 Å². The second-order valence-electron chi connectivity index (χ2n) is 7.43. The van der Waals surface area contributed by atoms with Crippen LogP contribution in [0.3, 0.4) is 0 Å². The third-order valence-corrected chi connectivity index (χ3v) is 4.72. The van der Waals surface area contributed by atoms with Gasteiger partial charge in [-0.15, -0.1) is 0 Å². The quantitative estimate of drug-likeness (QED) is 0.336. The van der Waals surface area contributed by atoms with E-state index in [0.29, 0.717) is 28.4 Å². The first-order valence-electron chi connectivity index (χ1n) is 10.2. The predicted octanol–water partition coefficient (Wildman–Crippen LogP) is 1.87. The van der Waals surface area contributed by atoms with Gasteiger partial charge in [-0.2, -0.15) is 5.10 Å². The van der Waals surface area contributed by atoms with Crippen molar-refractivity contribution in [3.63, 3.8) is 0 Å². The molecule has 1 heterocycles. The third-order valence-electron chi connectivity index (χ3n) is 4.72. The van der Waals surface area contributed by atoms with Gasteiger partial charge >= 0.3 is 5.97 Å². The van der Waals surface area contributed by atoms with Gasteiger partial charge in [0.25, 0.3) is 11.8 Å². The Kier molecular flexibility index (Phi) is 7.85. The molecule has 2 N–H and O–H groups in total. The van der Waals surface area contributed by atoms with E-state index in [9.17, 15) is 14.4 Å². The molecule has 1 unspecified atom stereocenters. The summed E-state index contributed by atoms with van der Waals surface area (Å²) in [5.41, 5.74) is 3.51. The van der Waals surface area contributed by atoms with Crippen LogP contribution in [0.4, 0.5) is 0 Å². The molecule has 0 radical (unpaired) electrons. The lowest BCUT2D eigenvalue weighted by atomic mass is 10.0. The minimum Gasteiger partial charge on any atom is -0.482 e. The summed E-state index contributed by atoms with van der Waals surface area (Å²) in [6.07, 6.45) is 1.46. The third kappa shape index (κ3) is 6.45. The number of carbonyl (C=O) groups is 3. The van der Waals surface area contributed by atoms with Crippen molar-refractivity contribution < 1.29 is 33.3 Å². The van der Waals surface area contributed by atoms with Crippen LogP contribution in [0.1, 0.15) is 29.8 Å². The topological polar surface area (TPSA) is 125 Å². The Labute approximate surface area is 190 Å². The van der Waals surface area contributed by atoms with Crippen molar-refractivity contribution in [2.24, 2.45) is 11.0 Å². The van der Waals surface area contributed by atoms with Crippen LogP contribution in [-0.4, -0.2) is 50.5 Å². The van der Waals surface area contributed by atoms with Crippen LogP contribution in [-0.2, 0) is 14.3 Å². The number of amides is 2. The maximum atomic E-state index is 12.6. The molecular weight excluding hydrogens is 430 g/mol. The predicted molar refractivity (Wildman–Crippen MR) is 118 cm³/mol. The molecule has 0 aromatic heterocycles. The molecule has 1 aliphatic heterocycles. The summed E-state index contributed by atoms with van der Waals surface area (Å²) in [5.74, 6) is 0.0365. The zero-order valence-corrected chi connectivity index (χ0v) is 18.5. The van der Waals surface area contributed by atoms with E-state index >= 15 is 0 Å². The highest BCUT2D eigenvalue weighted by molar-refractivity contribution is 5.98. The minimum absolute atomic E-state index is 0.110. The number of carbonyl (C=O) groups excluding carboxylic acids is 3. The van der Waals surface area contributed by atoms with Gasteiger partial charge in [0.15, 0.2) is 18.1 Å². The van der Waals surface area contributed by atoms with E-state index in [1.807, 2.05) is 13.8 Å². The van der Waals surface area contributed by atoms with Crippen molar-refractivity contribution in [1.82, 2.24) is 10.7 Å². The van der Waals surface area contributed by atoms with Gasteiger partial charge in [-0.1, -0.05) is 13.8 Å². The molecule has 1 atom stereocenters. The maximum Gasteiger partial charge on any atom is 0.343 e. The number of ether oxygens (including phenoxy) is 4. The van der Waals surface area contributed by atoms with Gasteiger partial charge in [-0.3, -0.25) is 9.59 Å². The largest absolute Gasteiger partial charge is 0.482 e. The zero-order valence-electron chi connectivity index (χ0n) is 18.5. The highest BCUT2D eigenvalue weighted by Crippen LogP contribution is 2.32. The van der Waals surface area contributed by atoms with Crippen molar-refractivity contribution in [3.05, 3.63) is 53.6 Å². The molecule has 0 saturated heterocycles. The Bertz CT molecular complexity index is 1030. The Balaban J connectivity index is 1.55. The molecule has 3 rings (SSSR count). The molecule has 2 amide bonds. The van der Waals surface area contributed by atoms with Gasteiger partial charge in [0.05, 0.1) is 13.3 Å². The molecule has 0 aliphatic carbocycles. The van der Waals surface area contributed by atoms with Gasteiger partial charge < -0.3 is 24.3 Å². The summed E-state index contributed by atoms with van der Waals surface area (Å²) in [6.45, 7) is 3.56. The Morgan fingerprint density at radius 3 is 2.52 bits per heavy atom. The number of fused-ring (bicyclic) bond motifs is 1. The van der Waals surface area contributed by atoms with Crippen molar-refractivity contribution in [3.8, 4) is 17.2 Å². The number of rotatable bonds is 9. The first kappa shape index (κ1) is 23.6. The van der Waals surface area contributed by atoms with Crippen LogP contribution in [0, 0.1) is 5.92 Å². The summed E-state index contributed by atoms with van der Waals surface area (Å²) >= 11 is 0. The first-order chi connectivity index (χ1) is 15.9. The minimum atomic E-state index is -0.797. The number of nitrogens with zero attached hydrogens (tertiary/aromatic N) is 1. The molecule has 33 heavy (non-hydrogen) atoms.